The highest BCUT2D eigenvalue weighted by Crippen LogP contribution is 2.25. The van der Waals surface area contributed by atoms with Crippen molar-refractivity contribution in [1.29, 1.82) is 0 Å². The van der Waals surface area contributed by atoms with Crippen LogP contribution in [-0.2, 0) is 0 Å². The molecule has 0 aliphatic rings. The van der Waals surface area contributed by atoms with E-state index in [1.807, 2.05) is 6.92 Å². The highest BCUT2D eigenvalue weighted by molar-refractivity contribution is 5.88. The van der Waals surface area contributed by atoms with Crippen molar-refractivity contribution in [2.75, 3.05) is 0 Å². The predicted molar refractivity (Wildman–Crippen MR) is 76.6 cm³/mol. The van der Waals surface area contributed by atoms with Gasteiger partial charge < -0.3 is 0 Å². The molecule has 0 unspecified atom stereocenters. The van der Waals surface area contributed by atoms with Gasteiger partial charge in [-0.25, -0.2) is 4.39 Å². The lowest BCUT2D eigenvalue weighted by Crippen LogP contribution is -1.90. The molecule has 0 atom stereocenters. The van der Waals surface area contributed by atoms with Crippen LogP contribution < -0.4 is 0 Å². The van der Waals surface area contributed by atoms with E-state index in [9.17, 15) is 4.39 Å². The molecule has 0 N–H and O–H groups in total. The second-order valence-corrected chi connectivity index (χ2v) is 4.82. The van der Waals surface area contributed by atoms with Gasteiger partial charge in [-0.05, 0) is 49.6 Å². The Bertz CT molecular complexity index is 745. The molecule has 0 radical (unpaired) electrons. The second-order valence-electron chi connectivity index (χ2n) is 4.82. The summed E-state index contributed by atoms with van der Waals surface area (Å²) < 4.78 is 13.0. The van der Waals surface area contributed by atoms with Crippen LogP contribution in [0, 0.1) is 19.7 Å². The Morgan fingerprint density at radius 3 is 2.37 bits per heavy atom. The number of halogens is 1. The summed E-state index contributed by atoms with van der Waals surface area (Å²) in [7, 11) is 0. The maximum atomic E-state index is 13.0. The SMILES string of the molecule is Cc1ccc2c(C)nc(-c3ccc(F)cc3)cc2c1. The van der Waals surface area contributed by atoms with E-state index in [1.54, 1.807) is 12.1 Å². The molecule has 1 heterocycles. The fourth-order valence-corrected chi connectivity index (χ4v) is 2.32. The summed E-state index contributed by atoms with van der Waals surface area (Å²) in [5, 5.41) is 2.34. The zero-order chi connectivity index (χ0) is 13.4. The zero-order valence-electron chi connectivity index (χ0n) is 10.9. The molecule has 0 saturated heterocycles. The van der Waals surface area contributed by atoms with Crippen LogP contribution in [-0.4, -0.2) is 4.98 Å². The van der Waals surface area contributed by atoms with E-state index in [2.05, 4.69) is 36.2 Å². The Balaban J connectivity index is 2.22. The van der Waals surface area contributed by atoms with Gasteiger partial charge in [0.15, 0.2) is 0 Å². The van der Waals surface area contributed by atoms with Gasteiger partial charge >= 0.3 is 0 Å². The standard InChI is InChI=1S/C17H14FN/c1-11-3-8-16-12(2)19-17(10-14(16)9-11)13-4-6-15(18)7-5-13/h3-10H,1-2H3. The topological polar surface area (TPSA) is 12.9 Å². The summed E-state index contributed by atoms with van der Waals surface area (Å²) in [6.45, 7) is 4.08. The van der Waals surface area contributed by atoms with Crippen LogP contribution in [0.3, 0.4) is 0 Å². The Hall–Kier alpha value is -2.22. The zero-order valence-corrected chi connectivity index (χ0v) is 10.9. The van der Waals surface area contributed by atoms with E-state index in [1.165, 1.54) is 23.1 Å². The lowest BCUT2D eigenvalue weighted by Gasteiger charge is -2.07. The van der Waals surface area contributed by atoms with Crippen molar-refractivity contribution < 1.29 is 4.39 Å². The molecular weight excluding hydrogens is 237 g/mol. The summed E-state index contributed by atoms with van der Waals surface area (Å²) in [4.78, 5) is 4.61. The van der Waals surface area contributed by atoms with E-state index in [-0.39, 0.29) is 5.82 Å². The molecule has 0 fully saturated rings. The van der Waals surface area contributed by atoms with Gasteiger partial charge in [-0.3, -0.25) is 4.98 Å². The Morgan fingerprint density at radius 2 is 1.63 bits per heavy atom. The number of hydrogen-bond acceptors (Lipinski definition) is 1. The molecule has 0 bridgehead atoms. The van der Waals surface area contributed by atoms with Crippen LogP contribution in [0.15, 0.2) is 48.5 Å². The van der Waals surface area contributed by atoms with Gasteiger partial charge in [-0.2, -0.15) is 0 Å². The third-order valence-corrected chi connectivity index (χ3v) is 3.32. The summed E-state index contributed by atoms with van der Waals surface area (Å²) >= 11 is 0. The molecule has 0 aliphatic carbocycles. The van der Waals surface area contributed by atoms with Crippen LogP contribution in [0.5, 0.6) is 0 Å². The molecule has 0 aliphatic heterocycles. The van der Waals surface area contributed by atoms with Crippen LogP contribution in [0.4, 0.5) is 4.39 Å². The van der Waals surface area contributed by atoms with Gasteiger partial charge in [-0.1, -0.05) is 23.8 Å². The molecule has 19 heavy (non-hydrogen) atoms. The van der Waals surface area contributed by atoms with Gasteiger partial charge in [0.2, 0.25) is 0 Å². The Kier molecular flexibility index (Phi) is 2.79. The number of aryl methyl sites for hydroxylation is 2. The Morgan fingerprint density at radius 1 is 0.895 bits per heavy atom. The molecule has 0 amide bonds. The van der Waals surface area contributed by atoms with Crippen molar-refractivity contribution in [2.45, 2.75) is 13.8 Å². The van der Waals surface area contributed by atoms with Crippen molar-refractivity contribution in [3.8, 4) is 11.3 Å². The van der Waals surface area contributed by atoms with Gasteiger partial charge in [0.25, 0.3) is 0 Å². The van der Waals surface area contributed by atoms with E-state index in [0.717, 1.165) is 22.3 Å². The third-order valence-electron chi connectivity index (χ3n) is 3.32. The molecular formula is C17H14FN. The van der Waals surface area contributed by atoms with Crippen molar-refractivity contribution in [2.24, 2.45) is 0 Å². The number of aromatic nitrogens is 1. The van der Waals surface area contributed by atoms with Gasteiger partial charge in [0.1, 0.15) is 5.82 Å². The number of hydrogen-bond donors (Lipinski definition) is 0. The normalized spacial score (nSPS) is 10.9. The maximum Gasteiger partial charge on any atom is 0.123 e. The number of fused-ring (bicyclic) bond motifs is 1. The molecule has 2 aromatic carbocycles. The first kappa shape index (κ1) is 11.8. The van der Waals surface area contributed by atoms with Gasteiger partial charge in [0, 0.05) is 16.6 Å². The van der Waals surface area contributed by atoms with E-state index < -0.39 is 0 Å². The van der Waals surface area contributed by atoms with Gasteiger partial charge in [-0.15, -0.1) is 0 Å². The molecule has 1 nitrogen and oxygen atoms in total. The van der Waals surface area contributed by atoms with E-state index >= 15 is 0 Å². The average Bonchev–Trinajstić information content (AvgIpc) is 2.38. The molecule has 94 valence electrons. The van der Waals surface area contributed by atoms with E-state index in [4.69, 9.17) is 0 Å². The number of nitrogens with zero attached hydrogens (tertiary/aromatic N) is 1. The molecule has 0 saturated carbocycles. The lowest BCUT2D eigenvalue weighted by atomic mass is 10.0. The fraction of sp³-hybridized carbons (Fsp3) is 0.118. The largest absolute Gasteiger partial charge is 0.252 e. The summed E-state index contributed by atoms with van der Waals surface area (Å²) in [5.41, 5.74) is 4.04. The van der Waals surface area contributed by atoms with Crippen molar-refractivity contribution in [3.05, 3.63) is 65.6 Å². The maximum absolute atomic E-state index is 13.0. The summed E-state index contributed by atoms with van der Waals surface area (Å²) in [5.74, 6) is -0.225. The van der Waals surface area contributed by atoms with E-state index in [0.29, 0.717) is 0 Å². The fourth-order valence-electron chi connectivity index (χ4n) is 2.32. The first-order chi connectivity index (χ1) is 9.13. The average molecular weight is 251 g/mol. The minimum atomic E-state index is -0.225. The van der Waals surface area contributed by atoms with Crippen LogP contribution in [0.1, 0.15) is 11.3 Å². The second kappa shape index (κ2) is 4.47. The molecule has 0 spiro atoms. The molecule has 3 aromatic rings. The predicted octanol–water partition coefficient (Wildman–Crippen LogP) is 4.66. The molecule has 2 heteroatoms. The minimum Gasteiger partial charge on any atom is -0.252 e. The highest BCUT2D eigenvalue weighted by atomic mass is 19.1. The van der Waals surface area contributed by atoms with Crippen LogP contribution in [0.2, 0.25) is 0 Å². The summed E-state index contributed by atoms with van der Waals surface area (Å²) in [6.07, 6.45) is 0. The monoisotopic (exact) mass is 251 g/mol. The van der Waals surface area contributed by atoms with Crippen LogP contribution >= 0.6 is 0 Å². The van der Waals surface area contributed by atoms with Crippen molar-refractivity contribution in [3.63, 3.8) is 0 Å². The third kappa shape index (κ3) is 2.22. The number of pyridine rings is 1. The van der Waals surface area contributed by atoms with Crippen molar-refractivity contribution >= 4 is 10.8 Å². The van der Waals surface area contributed by atoms with Crippen LogP contribution in [0.25, 0.3) is 22.0 Å². The van der Waals surface area contributed by atoms with Gasteiger partial charge in [0.05, 0.1) is 5.69 Å². The Labute approximate surface area is 111 Å². The lowest BCUT2D eigenvalue weighted by molar-refractivity contribution is 0.628. The first-order valence-electron chi connectivity index (χ1n) is 6.27. The minimum absolute atomic E-state index is 0.225. The number of rotatable bonds is 1. The molecule has 1 aromatic heterocycles. The smallest absolute Gasteiger partial charge is 0.123 e. The quantitative estimate of drug-likeness (QED) is 0.613. The highest BCUT2D eigenvalue weighted by Gasteiger charge is 2.05. The van der Waals surface area contributed by atoms with Crippen molar-refractivity contribution in [1.82, 2.24) is 4.98 Å². The summed E-state index contributed by atoms with van der Waals surface area (Å²) in [6, 6.07) is 14.9. The first-order valence-corrected chi connectivity index (χ1v) is 6.27. The molecule has 3 rings (SSSR count). The number of benzene rings is 2.